The second-order valence-electron chi connectivity index (χ2n) is 3.81. The summed E-state index contributed by atoms with van der Waals surface area (Å²) in [4.78, 5) is 24.0. The van der Waals surface area contributed by atoms with Gasteiger partial charge in [0.25, 0.3) is 0 Å². The van der Waals surface area contributed by atoms with E-state index in [0.29, 0.717) is 26.0 Å². The van der Waals surface area contributed by atoms with E-state index in [1.54, 1.807) is 6.92 Å². The minimum absolute atomic E-state index is 0.262. The van der Waals surface area contributed by atoms with Crippen LogP contribution in [0.5, 0.6) is 0 Å². The highest BCUT2D eigenvalue weighted by Gasteiger charge is 2.45. The molecule has 1 amide bonds. The molecule has 0 aromatic heterocycles. The van der Waals surface area contributed by atoms with Gasteiger partial charge in [-0.2, -0.15) is 0 Å². The van der Waals surface area contributed by atoms with E-state index in [0.717, 1.165) is 0 Å². The van der Waals surface area contributed by atoms with Crippen LogP contribution in [0.1, 0.15) is 26.7 Å². The minimum Gasteiger partial charge on any atom is -0.481 e. The number of hydrogen-bond acceptors (Lipinski definition) is 3. The summed E-state index contributed by atoms with van der Waals surface area (Å²) in [5.41, 5.74) is -0.771. The number of carbonyl (C=O) groups excluding carboxylic acids is 1. The number of likely N-dealkylation sites (tertiary alicyclic amines) is 1. The first-order valence-corrected chi connectivity index (χ1v) is 5.21. The van der Waals surface area contributed by atoms with Gasteiger partial charge < -0.3 is 14.7 Å². The van der Waals surface area contributed by atoms with E-state index in [9.17, 15) is 9.59 Å². The molecule has 1 fully saturated rings. The molecule has 1 rings (SSSR count). The van der Waals surface area contributed by atoms with Crippen LogP contribution in [0, 0.1) is 5.41 Å². The van der Waals surface area contributed by atoms with Crippen molar-refractivity contribution in [1.82, 2.24) is 4.90 Å². The van der Waals surface area contributed by atoms with E-state index in [4.69, 9.17) is 9.84 Å². The van der Waals surface area contributed by atoms with Crippen molar-refractivity contribution in [2.45, 2.75) is 26.7 Å². The molecule has 0 radical (unpaired) electrons. The van der Waals surface area contributed by atoms with E-state index in [1.165, 1.54) is 4.90 Å². The lowest BCUT2D eigenvalue weighted by molar-refractivity contribution is -0.148. The van der Waals surface area contributed by atoms with Gasteiger partial charge in [0.05, 0.1) is 12.0 Å². The summed E-state index contributed by atoms with van der Waals surface area (Å²) in [7, 11) is 0. The van der Waals surface area contributed by atoms with Crippen LogP contribution < -0.4 is 0 Å². The summed E-state index contributed by atoms with van der Waals surface area (Å²) < 4.78 is 4.84. The van der Waals surface area contributed by atoms with Gasteiger partial charge in [-0.15, -0.1) is 0 Å². The maximum Gasteiger partial charge on any atom is 0.409 e. The Labute approximate surface area is 89.0 Å². The smallest absolute Gasteiger partial charge is 0.409 e. The zero-order valence-electron chi connectivity index (χ0n) is 9.15. The fourth-order valence-electron chi connectivity index (χ4n) is 1.86. The van der Waals surface area contributed by atoms with E-state index in [1.807, 2.05) is 6.92 Å². The highest BCUT2D eigenvalue weighted by Crippen LogP contribution is 2.34. The Morgan fingerprint density at radius 2 is 2.13 bits per heavy atom. The van der Waals surface area contributed by atoms with Gasteiger partial charge >= 0.3 is 12.1 Å². The molecule has 1 saturated heterocycles. The fourth-order valence-corrected chi connectivity index (χ4v) is 1.86. The van der Waals surface area contributed by atoms with Gasteiger partial charge in [0.1, 0.15) is 0 Å². The summed E-state index contributed by atoms with van der Waals surface area (Å²) in [6, 6.07) is 0. The molecule has 5 heteroatoms. The molecule has 0 bridgehead atoms. The van der Waals surface area contributed by atoms with Crippen molar-refractivity contribution < 1.29 is 19.4 Å². The summed E-state index contributed by atoms with van der Waals surface area (Å²) in [5.74, 6) is -0.822. The van der Waals surface area contributed by atoms with Crippen LogP contribution in [0.3, 0.4) is 0 Å². The Bertz CT molecular complexity index is 266. The molecule has 0 aromatic rings. The largest absolute Gasteiger partial charge is 0.481 e. The van der Waals surface area contributed by atoms with Crippen LogP contribution in [0.15, 0.2) is 0 Å². The monoisotopic (exact) mass is 215 g/mol. The van der Waals surface area contributed by atoms with Crippen molar-refractivity contribution in [3.8, 4) is 0 Å². The average Bonchev–Trinajstić information content (AvgIpc) is 2.63. The first kappa shape index (κ1) is 11.8. The third-order valence-corrected chi connectivity index (χ3v) is 3.01. The zero-order chi connectivity index (χ0) is 11.5. The van der Waals surface area contributed by atoms with Crippen LogP contribution >= 0.6 is 0 Å². The molecular formula is C10H17NO4. The maximum atomic E-state index is 11.4. The fraction of sp³-hybridized carbons (Fsp3) is 0.800. The lowest BCUT2D eigenvalue weighted by Crippen LogP contribution is -2.36. The van der Waals surface area contributed by atoms with Crippen LogP contribution in [0.25, 0.3) is 0 Å². The Morgan fingerprint density at radius 1 is 1.47 bits per heavy atom. The van der Waals surface area contributed by atoms with E-state index in [2.05, 4.69) is 0 Å². The Hall–Kier alpha value is -1.26. The summed E-state index contributed by atoms with van der Waals surface area (Å²) in [6.07, 6.45) is 0.643. The van der Waals surface area contributed by atoms with Crippen molar-refractivity contribution in [2.75, 3.05) is 19.7 Å². The quantitative estimate of drug-likeness (QED) is 0.771. The van der Waals surface area contributed by atoms with Gasteiger partial charge in [-0.1, -0.05) is 6.92 Å². The van der Waals surface area contributed by atoms with E-state index in [-0.39, 0.29) is 6.54 Å². The lowest BCUT2D eigenvalue weighted by Gasteiger charge is -2.22. The molecule has 1 heterocycles. The third kappa shape index (κ3) is 2.22. The SMILES string of the molecule is CCOC(=O)N1CCC(CC)(C(=O)O)C1. The number of ether oxygens (including phenoxy) is 1. The highest BCUT2D eigenvalue weighted by molar-refractivity contribution is 5.77. The highest BCUT2D eigenvalue weighted by atomic mass is 16.6. The van der Waals surface area contributed by atoms with Crippen molar-refractivity contribution in [3.63, 3.8) is 0 Å². The molecule has 15 heavy (non-hydrogen) atoms. The average molecular weight is 215 g/mol. The topological polar surface area (TPSA) is 66.8 Å². The minimum atomic E-state index is -0.822. The van der Waals surface area contributed by atoms with Crippen LogP contribution in [0.2, 0.25) is 0 Å². The van der Waals surface area contributed by atoms with E-state index >= 15 is 0 Å². The van der Waals surface area contributed by atoms with Gasteiger partial charge in [0, 0.05) is 13.1 Å². The molecule has 1 atom stereocenters. The lowest BCUT2D eigenvalue weighted by atomic mass is 9.84. The molecule has 0 spiro atoms. The number of aliphatic carboxylic acids is 1. The van der Waals surface area contributed by atoms with Gasteiger partial charge in [-0.3, -0.25) is 4.79 Å². The summed E-state index contributed by atoms with van der Waals surface area (Å²) >= 11 is 0. The van der Waals surface area contributed by atoms with Crippen LogP contribution in [-0.2, 0) is 9.53 Å². The van der Waals surface area contributed by atoms with Crippen molar-refractivity contribution >= 4 is 12.1 Å². The maximum absolute atomic E-state index is 11.4. The molecule has 86 valence electrons. The number of nitrogens with zero attached hydrogens (tertiary/aromatic N) is 1. The number of rotatable bonds is 3. The van der Waals surface area contributed by atoms with Gasteiger partial charge in [0.2, 0.25) is 0 Å². The molecule has 0 aromatic carbocycles. The second-order valence-corrected chi connectivity index (χ2v) is 3.81. The normalized spacial score (nSPS) is 25.3. The molecule has 1 aliphatic rings. The Kier molecular flexibility index (Phi) is 3.55. The number of carboxylic acid groups (broad SMARTS) is 1. The van der Waals surface area contributed by atoms with E-state index < -0.39 is 17.5 Å². The standard InChI is InChI=1S/C10H17NO4/c1-3-10(8(12)13)5-6-11(7-10)9(14)15-4-2/h3-7H2,1-2H3,(H,12,13). The number of carboxylic acids is 1. The summed E-state index contributed by atoms with van der Waals surface area (Å²) in [6.45, 7) is 4.62. The molecule has 0 saturated carbocycles. The number of amides is 1. The van der Waals surface area contributed by atoms with Crippen molar-refractivity contribution in [3.05, 3.63) is 0 Å². The second kappa shape index (κ2) is 4.51. The van der Waals surface area contributed by atoms with Crippen LogP contribution in [-0.4, -0.2) is 41.8 Å². The molecule has 1 aliphatic heterocycles. The van der Waals surface area contributed by atoms with Crippen molar-refractivity contribution in [1.29, 1.82) is 0 Å². The van der Waals surface area contributed by atoms with Crippen molar-refractivity contribution in [2.24, 2.45) is 5.41 Å². The summed E-state index contributed by atoms with van der Waals surface area (Å²) in [5, 5.41) is 9.11. The van der Waals surface area contributed by atoms with Crippen LogP contribution in [0.4, 0.5) is 4.79 Å². The zero-order valence-corrected chi connectivity index (χ0v) is 9.15. The van der Waals surface area contributed by atoms with Gasteiger partial charge in [-0.25, -0.2) is 4.79 Å². The molecule has 1 unspecified atom stereocenters. The Balaban J connectivity index is 2.64. The Morgan fingerprint density at radius 3 is 2.53 bits per heavy atom. The van der Waals surface area contributed by atoms with Gasteiger partial charge in [0.15, 0.2) is 0 Å². The van der Waals surface area contributed by atoms with Gasteiger partial charge in [-0.05, 0) is 19.8 Å². The predicted molar refractivity (Wildman–Crippen MR) is 53.6 cm³/mol. The first-order chi connectivity index (χ1) is 7.05. The molecule has 1 N–H and O–H groups in total. The number of carbonyl (C=O) groups is 2. The first-order valence-electron chi connectivity index (χ1n) is 5.21. The third-order valence-electron chi connectivity index (χ3n) is 3.01. The molecular weight excluding hydrogens is 198 g/mol. The predicted octanol–water partition coefficient (Wildman–Crippen LogP) is 1.33. The molecule has 5 nitrogen and oxygen atoms in total. The number of hydrogen-bond donors (Lipinski definition) is 1. The molecule has 0 aliphatic carbocycles.